The molecule has 1 N–H and O–H groups in total. The van der Waals surface area contributed by atoms with Crippen LogP contribution in [0, 0.1) is 0 Å². The number of fused-ring (bicyclic) bond motifs is 1. The van der Waals surface area contributed by atoms with Gasteiger partial charge >= 0.3 is 0 Å². The average Bonchev–Trinajstić information content (AvgIpc) is 2.51. The zero-order chi connectivity index (χ0) is 14.1. The first-order valence-electron chi connectivity index (χ1n) is 6.57. The van der Waals surface area contributed by atoms with Crippen LogP contribution in [-0.4, -0.2) is 43.4 Å². The molecular formula is C15H18O5. The van der Waals surface area contributed by atoms with Crippen LogP contribution < -0.4 is 0 Å². The number of methoxy groups -OCH3 is 1. The zero-order valence-corrected chi connectivity index (χ0v) is 11.3. The third-order valence-corrected chi connectivity index (χ3v) is 3.64. The number of benzene rings is 1. The summed E-state index contributed by atoms with van der Waals surface area (Å²) in [6.45, 7) is 4.29. The van der Waals surface area contributed by atoms with E-state index in [2.05, 4.69) is 6.58 Å². The number of aliphatic hydroxyl groups is 1. The number of rotatable bonds is 2. The number of aliphatic hydroxyl groups excluding tert-OH is 1. The van der Waals surface area contributed by atoms with Crippen molar-refractivity contribution in [3.8, 4) is 0 Å². The normalized spacial score (nSPS) is 37.5. The number of hydrogen-bond acceptors (Lipinski definition) is 5. The molecule has 0 amide bonds. The van der Waals surface area contributed by atoms with Crippen molar-refractivity contribution in [3.63, 3.8) is 0 Å². The number of ether oxygens (including phenoxy) is 4. The molecule has 1 aromatic carbocycles. The third-order valence-electron chi connectivity index (χ3n) is 3.64. The summed E-state index contributed by atoms with van der Waals surface area (Å²) in [7, 11) is 1.48. The molecule has 2 aliphatic rings. The fraction of sp³-hybridized carbons (Fsp3) is 0.467. The molecule has 0 radical (unpaired) electrons. The van der Waals surface area contributed by atoms with Crippen molar-refractivity contribution in [1.29, 1.82) is 0 Å². The highest BCUT2D eigenvalue weighted by Crippen LogP contribution is 2.35. The number of hydrogen-bond donors (Lipinski definition) is 1. The van der Waals surface area contributed by atoms with Gasteiger partial charge in [-0.2, -0.15) is 0 Å². The van der Waals surface area contributed by atoms with E-state index in [0.717, 1.165) is 5.56 Å². The minimum atomic E-state index is -0.893. The van der Waals surface area contributed by atoms with Crippen molar-refractivity contribution >= 4 is 0 Å². The first-order valence-corrected chi connectivity index (χ1v) is 6.57. The molecule has 0 aromatic heterocycles. The maximum absolute atomic E-state index is 10.1. The van der Waals surface area contributed by atoms with Crippen molar-refractivity contribution in [2.75, 3.05) is 13.7 Å². The van der Waals surface area contributed by atoms with E-state index in [-0.39, 0.29) is 6.10 Å². The van der Waals surface area contributed by atoms with Crippen molar-refractivity contribution < 1.29 is 24.1 Å². The minimum absolute atomic E-state index is 0.309. The largest absolute Gasteiger partial charge is 0.383 e. The van der Waals surface area contributed by atoms with Crippen LogP contribution in [0.25, 0.3) is 0 Å². The lowest BCUT2D eigenvalue weighted by molar-refractivity contribution is -0.314. The van der Waals surface area contributed by atoms with Crippen molar-refractivity contribution in [2.24, 2.45) is 0 Å². The summed E-state index contributed by atoms with van der Waals surface area (Å²) in [6, 6.07) is 9.66. The Morgan fingerprint density at radius 1 is 1.25 bits per heavy atom. The predicted octanol–water partition coefficient (Wildman–Crippen LogP) is 1.39. The molecule has 20 heavy (non-hydrogen) atoms. The molecular weight excluding hydrogens is 260 g/mol. The third kappa shape index (κ3) is 2.39. The summed E-state index contributed by atoms with van der Waals surface area (Å²) in [6.07, 6.45) is -2.78. The van der Waals surface area contributed by atoms with Crippen molar-refractivity contribution in [1.82, 2.24) is 0 Å². The molecule has 1 aromatic rings. The van der Waals surface area contributed by atoms with Gasteiger partial charge in [-0.3, -0.25) is 0 Å². The van der Waals surface area contributed by atoms with Gasteiger partial charge in [0, 0.05) is 12.7 Å². The summed E-state index contributed by atoms with van der Waals surface area (Å²) in [5.41, 5.74) is 1.50. The summed E-state index contributed by atoms with van der Waals surface area (Å²) in [5, 5.41) is 10.1. The van der Waals surface area contributed by atoms with Gasteiger partial charge in [0.1, 0.15) is 18.3 Å². The minimum Gasteiger partial charge on any atom is -0.383 e. The Kier molecular flexibility index (Phi) is 3.87. The Labute approximate surface area is 117 Å². The summed E-state index contributed by atoms with van der Waals surface area (Å²) in [5.74, 6) is 0. The first kappa shape index (κ1) is 13.7. The molecule has 3 rings (SSSR count). The van der Waals surface area contributed by atoms with Crippen molar-refractivity contribution in [3.05, 3.63) is 48.0 Å². The highest BCUT2D eigenvalue weighted by molar-refractivity contribution is 5.20. The highest BCUT2D eigenvalue weighted by Gasteiger charge is 2.45. The Hall–Kier alpha value is -1.24. The Morgan fingerprint density at radius 3 is 2.70 bits per heavy atom. The van der Waals surface area contributed by atoms with E-state index in [1.165, 1.54) is 7.11 Å². The van der Waals surface area contributed by atoms with E-state index in [1.54, 1.807) is 0 Å². The average molecular weight is 278 g/mol. The van der Waals surface area contributed by atoms with E-state index >= 15 is 0 Å². The molecule has 0 saturated carbocycles. The lowest BCUT2D eigenvalue weighted by Gasteiger charge is -2.44. The quantitative estimate of drug-likeness (QED) is 0.828. The molecule has 5 heteroatoms. The molecule has 1 unspecified atom stereocenters. The fourth-order valence-corrected chi connectivity index (χ4v) is 2.53. The first-order chi connectivity index (χ1) is 9.70. The van der Waals surface area contributed by atoms with Crippen LogP contribution in [0.15, 0.2) is 42.5 Å². The maximum Gasteiger partial charge on any atom is 0.187 e. The highest BCUT2D eigenvalue weighted by atomic mass is 16.7. The monoisotopic (exact) mass is 278 g/mol. The fourth-order valence-electron chi connectivity index (χ4n) is 2.53. The van der Waals surface area contributed by atoms with E-state index in [1.807, 2.05) is 30.3 Å². The second kappa shape index (κ2) is 5.63. The Balaban J connectivity index is 1.76. The van der Waals surface area contributed by atoms with Gasteiger partial charge in [0.15, 0.2) is 12.6 Å². The Bertz CT molecular complexity index is 474. The summed E-state index contributed by atoms with van der Waals surface area (Å²) in [4.78, 5) is 0. The Morgan fingerprint density at radius 2 is 2.00 bits per heavy atom. The predicted molar refractivity (Wildman–Crippen MR) is 70.8 cm³/mol. The van der Waals surface area contributed by atoms with E-state index in [4.69, 9.17) is 18.9 Å². The van der Waals surface area contributed by atoms with Gasteiger partial charge in [0.25, 0.3) is 0 Å². The molecule has 5 nitrogen and oxygen atoms in total. The molecule has 0 aliphatic carbocycles. The van der Waals surface area contributed by atoms with Gasteiger partial charge in [-0.1, -0.05) is 36.9 Å². The maximum atomic E-state index is 10.1. The van der Waals surface area contributed by atoms with Crippen LogP contribution in [0.3, 0.4) is 0 Å². The molecule has 2 fully saturated rings. The lowest BCUT2D eigenvalue weighted by atomic mass is 9.96. The molecule has 2 saturated heterocycles. The van der Waals surface area contributed by atoms with Gasteiger partial charge in [-0.05, 0) is 5.57 Å². The molecule has 5 atom stereocenters. The molecule has 0 bridgehead atoms. The standard InChI is InChI=1S/C15H18O5/c1-9-12(16)15(17-2)19-11-8-18-14(20-13(9)11)10-6-4-3-5-7-10/h3-7,11-16H,1,8H2,2H3/t11-,12-,13+,14?,15-/m1/s1. The van der Waals surface area contributed by atoms with Gasteiger partial charge in [0.2, 0.25) is 0 Å². The van der Waals surface area contributed by atoms with Crippen molar-refractivity contribution in [2.45, 2.75) is 30.9 Å². The van der Waals surface area contributed by atoms with Gasteiger partial charge < -0.3 is 24.1 Å². The van der Waals surface area contributed by atoms with Crippen LogP contribution in [0.1, 0.15) is 11.9 Å². The van der Waals surface area contributed by atoms with Gasteiger partial charge in [-0.15, -0.1) is 0 Å². The van der Waals surface area contributed by atoms with Gasteiger partial charge in [-0.25, -0.2) is 0 Å². The summed E-state index contributed by atoms with van der Waals surface area (Å²) >= 11 is 0. The van der Waals surface area contributed by atoms with Crippen LogP contribution in [0.2, 0.25) is 0 Å². The molecule has 0 spiro atoms. The van der Waals surface area contributed by atoms with E-state index in [0.29, 0.717) is 12.2 Å². The second-order valence-corrected chi connectivity index (χ2v) is 4.93. The smallest absolute Gasteiger partial charge is 0.187 e. The molecule has 2 heterocycles. The van der Waals surface area contributed by atoms with Crippen LogP contribution in [-0.2, 0) is 18.9 Å². The topological polar surface area (TPSA) is 57.2 Å². The molecule has 2 aliphatic heterocycles. The molecule has 108 valence electrons. The zero-order valence-electron chi connectivity index (χ0n) is 11.3. The summed E-state index contributed by atoms with van der Waals surface area (Å²) < 4.78 is 22.3. The van der Waals surface area contributed by atoms with E-state index < -0.39 is 24.8 Å². The second-order valence-electron chi connectivity index (χ2n) is 4.93. The lowest BCUT2D eigenvalue weighted by Crippen LogP contribution is -2.54. The van der Waals surface area contributed by atoms with E-state index in [9.17, 15) is 5.11 Å². The van der Waals surface area contributed by atoms with Crippen LogP contribution in [0.5, 0.6) is 0 Å². The van der Waals surface area contributed by atoms with Gasteiger partial charge in [0.05, 0.1) is 6.61 Å². The SMILES string of the molecule is C=C1[C@@H](O)[C@H](OC)O[C@@H]2COC(c3ccccc3)O[C@@H]12. The van der Waals surface area contributed by atoms with Crippen LogP contribution in [0.4, 0.5) is 0 Å². The van der Waals surface area contributed by atoms with Crippen LogP contribution >= 0.6 is 0 Å².